The second-order valence-electron chi connectivity index (χ2n) is 6.58. The zero-order valence-corrected chi connectivity index (χ0v) is 14.4. The number of hydrogen-bond donors (Lipinski definition) is 0. The Hall–Kier alpha value is -2.66. The summed E-state index contributed by atoms with van der Waals surface area (Å²) < 4.78 is 5.36. The van der Waals surface area contributed by atoms with E-state index in [4.69, 9.17) is 4.74 Å². The normalized spacial score (nSPS) is 19.8. The van der Waals surface area contributed by atoms with Gasteiger partial charge in [-0.25, -0.2) is 0 Å². The molecule has 2 aliphatic rings. The van der Waals surface area contributed by atoms with Gasteiger partial charge in [0.25, 0.3) is 11.8 Å². The molecule has 2 aromatic carbocycles. The highest BCUT2D eigenvalue weighted by Gasteiger charge is 2.38. The predicted molar refractivity (Wildman–Crippen MR) is 93.9 cm³/mol. The molecule has 0 radical (unpaired) electrons. The maximum absolute atomic E-state index is 12.7. The lowest BCUT2D eigenvalue weighted by atomic mass is 9.92. The predicted octanol–water partition coefficient (Wildman–Crippen LogP) is 2.52. The SMILES string of the molecule is COc1ccc2c(c1)[C@H](CN1C(=O)c3ccccc3C1=O)N(C)CC2. The van der Waals surface area contributed by atoms with Crippen molar-refractivity contribution in [2.75, 3.05) is 27.2 Å². The fourth-order valence-corrected chi connectivity index (χ4v) is 3.74. The molecule has 0 saturated heterocycles. The van der Waals surface area contributed by atoms with Crippen LogP contribution in [0.3, 0.4) is 0 Å². The standard InChI is InChI=1S/C20H20N2O3/c1-21-10-9-13-7-8-14(25-2)11-17(13)18(21)12-22-19(23)15-5-3-4-6-16(15)20(22)24/h3-8,11,18H,9-10,12H2,1-2H3/t18-/m0/s1. The first kappa shape index (κ1) is 15.8. The third-order valence-electron chi connectivity index (χ3n) is 5.21. The summed E-state index contributed by atoms with van der Waals surface area (Å²) in [7, 11) is 3.68. The average molecular weight is 336 g/mol. The van der Waals surface area contributed by atoms with Gasteiger partial charge in [-0.1, -0.05) is 18.2 Å². The van der Waals surface area contributed by atoms with E-state index in [2.05, 4.69) is 11.0 Å². The first-order chi connectivity index (χ1) is 12.1. The Morgan fingerprint density at radius 3 is 2.40 bits per heavy atom. The van der Waals surface area contributed by atoms with Crippen LogP contribution in [0.1, 0.15) is 37.9 Å². The van der Waals surface area contributed by atoms with Crippen LogP contribution in [-0.4, -0.2) is 48.9 Å². The first-order valence-electron chi connectivity index (χ1n) is 8.42. The van der Waals surface area contributed by atoms with E-state index < -0.39 is 0 Å². The van der Waals surface area contributed by atoms with Gasteiger partial charge in [-0.05, 0) is 48.9 Å². The summed E-state index contributed by atoms with van der Waals surface area (Å²) in [6.07, 6.45) is 0.953. The molecule has 0 spiro atoms. The Balaban J connectivity index is 1.68. The van der Waals surface area contributed by atoms with Crippen molar-refractivity contribution in [3.63, 3.8) is 0 Å². The summed E-state index contributed by atoms with van der Waals surface area (Å²) in [5, 5.41) is 0. The summed E-state index contributed by atoms with van der Waals surface area (Å²) in [6, 6.07) is 13.1. The van der Waals surface area contributed by atoms with Gasteiger partial charge in [-0.15, -0.1) is 0 Å². The minimum absolute atomic E-state index is 0.0268. The minimum Gasteiger partial charge on any atom is -0.497 e. The van der Waals surface area contributed by atoms with Crippen LogP contribution in [0.5, 0.6) is 5.75 Å². The Morgan fingerprint density at radius 2 is 1.76 bits per heavy atom. The lowest BCUT2D eigenvalue weighted by Gasteiger charge is -2.36. The summed E-state index contributed by atoms with van der Waals surface area (Å²) in [4.78, 5) is 28.9. The number of ether oxygens (including phenoxy) is 1. The molecule has 5 heteroatoms. The number of likely N-dealkylation sites (N-methyl/N-ethyl adjacent to an activating group) is 1. The molecule has 1 atom stereocenters. The van der Waals surface area contributed by atoms with Gasteiger partial charge in [-0.3, -0.25) is 19.4 Å². The Kier molecular flexibility index (Phi) is 3.81. The number of carbonyl (C=O) groups is 2. The van der Waals surface area contributed by atoms with Gasteiger partial charge in [-0.2, -0.15) is 0 Å². The molecule has 0 fully saturated rings. The van der Waals surface area contributed by atoms with Crippen molar-refractivity contribution < 1.29 is 14.3 Å². The van der Waals surface area contributed by atoms with E-state index in [-0.39, 0.29) is 17.9 Å². The van der Waals surface area contributed by atoms with Crippen molar-refractivity contribution in [1.82, 2.24) is 9.80 Å². The molecule has 0 saturated carbocycles. The van der Waals surface area contributed by atoms with Crippen molar-refractivity contribution in [3.05, 3.63) is 64.7 Å². The van der Waals surface area contributed by atoms with E-state index in [1.807, 2.05) is 19.2 Å². The molecule has 2 heterocycles. The topological polar surface area (TPSA) is 49.9 Å². The van der Waals surface area contributed by atoms with Crippen molar-refractivity contribution in [2.45, 2.75) is 12.5 Å². The molecule has 2 amide bonds. The zero-order valence-electron chi connectivity index (χ0n) is 14.4. The van der Waals surface area contributed by atoms with Crippen LogP contribution in [-0.2, 0) is 6.42 Å². The third kappa shape index (κ3) is 2.51. The van der Waals surface area contributed by atoms with Crippen LogP contribution >= 0.6 is 0 Å². The van der Waals surface area contributed by atoms with E-state index in [9.17, 15) is 9.59 Å². The van der Waals surface area contributed by atoms with Crippen LogP contribution in [0.15, 0.2) is 42.5 Å². The highest BCUT2D eigenvalue weighted by atomic mass is 16.5. The number of methoxy groups -OCH3 is 1. The molecule has 0 aromatic heterocycles. The monoisotopic (exact) mass is 336 g/mol. The first-order valence-corrected chi connectivity index (χ1v) is 8.42. The highest BCUT2D eigenvalue weighted by molar-refractivity contribution is 6.21. The maximum atomic E-state index is 12.7. The van der Waals surface area contributed by atoms with Crippen LogP contribution in [0.25, 0.3) is 0 Å². The van der Waals surface area contributed by atoms with Gasteiger partial charge in [0.2, 0.25) is 0 Å². The minimum atomic E-state index is -0.205. The lowest BCUT2D eigenvalue weighted by molar-refractivity contribution is 0.0596. The largest absolute Gasteiger partial charge is 0.497 e. The van der Waals surface area contributed by atoms with Gasteiger partial charge in [0.1, 0.15) is 5.75 Å². The molecule has 128 valence electrons. The number of amides is 2. The molecular formula is C20H20N2O3. The van der Waals surface area contributed by atoms with Crippen LogP contribution in [0.2, 0.25) is 0 Å². The fourth-order valence-electron chi connectivity index (χ4n) is 3.74. The van der Waals surface area contributed by atoms with E-state index in [1.54, 1.807) is 31.4 Å². The number of rotatable bonds is 3. The third-order valence-corrected chi connectivity index (χ3v) is 5.21. The maximum Gasteiger partial charge on any atom is 0.261 e. The molecule has 0 bridgehead atoms. The Labute approximate surface area is 146 Å². The van der Waals surface area contributed by atoms with Gasteiger partial charge in [0.15, 0.2) is 0 Å². The highest BCUT2D eigenvalue weighted by Crippen LogP contribution is 2.34. The van der Waals surface area contributed by atoms with E-state index in [0.717, 1.165) is 24.3 Å². The molecule has 4 rings (SSSR count). The van der Waals surface area contributed by atoms with Gasteiger partial charge >= 0.3 is 0 Å². The molecule has 5 nitrogen and oxygen atoms in total. The van der Waals surface area contributed by atoms with Crippen LogP contribution in [0.4, 0.5) is 0 Å². The van der Waals surface area contributed by atoms with Crippen molar-refractivity contribution in [3.8, 4) is 5.75 Å². The number of fused-ring (bicyclic) bond motifs is 2. The van der Waals surface area contributed by atoms with Gasteiger partial charge in [0.05, 0.1) is 24.3 Å². The number of imide groups is 1. The van der Waals surface area contributed by atoms with Crippen LogP contribution < -0.4 is 4.74 Å². The molecule has 2 aromatic rings. The number of hydrogen-bond acceptors (Lipinski definition) is 4. The molecule has 0 unspecified atom stereocenters. The second-order valence-corrected chi connectivity index (χ2v) is 6.58. The Bertz CT molecular complexity index is 827. The molecule has 25 heavy (non-hydrogen) atoms. The van der Waals surface area contributed by atoms with Gasteiger partial charge in [0, 0.05) is 13.1 Å². The van der Waals surface area contributed by atoms with E-state index in [0.29, 0.717) is 17.7 Å². The van der Waals surface area contributed by atoms with Crippen molar-refractivity contribution in [2.24, 2.45) is 0 Å². The lowest BCUT2D eigenvalue weighted by Crippen LogP contribution is -2.42. The molecule has 0 aliphatic carbocycles. The smallest absolute Gasteiger partial charge is 0.261 e. The van der Waals surface area contributed by atoms with Gasteiger partial charge < -0.3 is 4.74 Å². The fraction of sp³-hybridized carbons (Fsp3) is 0.300. The second kappa shape index (κ2) is 6.01. The summed E-state index contributed by atoms with van der Waals surface area (Å²) in [5.41, 5.74) is 3.37. The summed E-state index contributed by atoms with van der Waals surface area (Å²) >= 11 is 0. The molecular weight excluding hydrogens is 316 g/mol. The zero-order chi connectivity index (χ0) is 17.6. The van der Waals surface area contributed by atoms with Crippen molar-refractivity contribution in [1.29, 1.82) is 0 Å². The summed E-state index contributed by atoms with van der Waals surface area (Å²) in [5.74, 6) is 0.384. The quantitative estimate of drug-likeness (QED) is 0.808. The van der Waals surface area contributed by atoms with Crippen molar-refractivity contribution >= 4 is 11.8 Å². The molecule has 0 N–H and O–H groups in total. The van der Waals surface area contributed by atoms with E-state index in [1.165, 1.54) is 10.5 Å². The number of carbonyl (C=O) groups excluding carboxylic acids is 2. The number of benzene rings is 2. The average Bonchev–Trinajstić information content (AvgIpc) is 2.88. The Morgan fingerprint density at radius 1 is 1.08 bits per heavy atom. The number of nitrogens with zero attached hydrogens (tertiary/aromatic N) is 2. The molecule has 2 aliphatic heterocycles. The summed E-state index contributed by atoms with van der Waals surface area (Å²) in [6.45, 7) is 1.25. The van der Waals surface area contributed by atoms with E-state index >= 15 is 0 Å². The van der Waals surface area contributed by atoms with Crippen LogP contribution in [0, 0.1) is 0 Å².